The molecule has 0 bridgehead atoms. The highest BCUT2D eigenvalue weighted by Gasteiger charge is 2.48. The summed E-state index contributed by atoms with van der Waals surface area (Å²) in [6.07, 6.45) is -16.4. The summed E-state index contributed by atoms with van der Waals surface area (Å²) in [5.41, 5.74) is 1.56. The molecule has 1 heterocycles. The molecule has 2 aromatic rings. The van der Waals surface area contributed by atoms with Crippen molar-refractivity contribution in [3.63, 3.8) is 0 Å². The van der Waals surface area contributed by atoms with E-state index in [-0.39, 0.29) is 49.0 Å². The highest BCUT2D eigenvalue weighted by molar-refractivity contribution is 5.85. The predicted molar refractivity (Wildman–Crippen MR) is 132 cm³/mol. The molecule has 3 rings (SSSR count). The van der Waals surface area contributed by atoms with E-state index < -0.39 is 71.1 Å². The molecule has 0 spiro atoms. The molecule has 230 valence electrons. The van der Waals surface area contributed by atoms with Crippen LogP contribution >= 0.6 is 12.4 Å². The van der Waals surface area contributed by atoms with Crippen molar-refractivity contribution < 1.29 is 48.7 Å². The van der Waals surface area contributed by atoms with Crippen LogP contribution in [0.15, 0.2) is 36.4 Å². The Bertz CT molecular complexity index is 1220. The average molecular weight is 624 g/mol. The SMILES string of the molecule is Cc1cc(F)ccc1[C@@]1(N)CC(CC(F)(F)F)CCN1C(=O)N(C)[C@H](C)c1cc(C(F)(F)F)cc(C(F)(F)F)c1.Cl. The first kappa shape index (κ1) is 34.5. The van der Waals surface area contributed by atoms with Gasteiger partial charge in [0.2, 0.25) is 0 Å². The molecule has 1 aliphatic heterocycles. The van der Waals surface area contributed by atoms with Gasteiger partial charge in [0, 0.05) is 20.0 Å². The largest absolute Gasteiger partial charge is 0.416 e. The average Bonchev–Trinajstić information content (AvgIpc) is 2.80. The van der Waals surface area contributed by atoms with Gasteiger partial charge in [-0.05, 0) is 79.6 Å². The summed E-state index contributed by atoms with van der Waals surface area (Å²) in [5, 5.41) is 0. The van der Waals surface area contributed by atoms with E-state index in [1.807, 2.05) is 0 Å². The second-order valence-electron chi connectivity index (χ2n) is 10.1. The van der Waals surface area contributed by atoms with Crippen LogP contribution in [0.2, 0.25) is 0 Å². The second kappa shape index (κ2) is 11.9. The van der Waals surface area contributed by atoms with E-state index in [1.165, 1.54) is 19.9 Å². The van der Waals surface area contributed by atoms with E-state index in [4.69, 9.17) is 5.73 Å². The van der Waals surface area contributed by atoms with Crippen LogP contribution in [0.3, 0.4) is 0 Å². The van der Waals surface area contributed by atoms with Crippen LogP contribution < -0.4 is 5.73 Å². The lowest BCUT2D eigenvalue weighted by Gasteiger charge is -2.49. The Hall–Kier alpha value is -2.74. The fourth-order valence-electron chi connectivity index (χ4n) is 5.10. The van der Waals surface area contributed by atoms with E-state index >= 15 is 0 Å². The van der Waals surface area contributed by atoms with Crippen LogP contribution in [-0.2, 0) is 18.0 Å². The summed E-state index contributed by atoms with van der Waals surface area (Å²) in [5.74, 6) is -1.65. The Balaban J connectivity index is 0.00000588. The molecular weight excluding hydrogens is 596 g/mol. The minimum absolute atomic E-state index is 0. The molecule has 0 aromatic heterocycles. The Morgan fingerprint density at radius 1 is 1.02 bits per heavy atom. The van der Waals surface area contributed by atoms with E-state index in [2.05, 4.69) is 0 Å². The maximum atomic E-state index is 13.8. The zero-order valence-electron chi connectivity index (χ0n) is 22.0. The van der Waals surface area contributed by atoms with Gasteiger partial charge < -0.3 is 15.5 Å². The number of nitrogens with two attached hydrogens (primary N) is 1. The van der Waals surface area contributed by atoms with Gasteiger partial charge in [0.1, 0.15) is 11.5 Å². The topological polar surface area (TPSA) is 49.6 Å². The molecule has 0 radical (unpaired) electrons. The van der Waals surface area contributed by atoms with Crippen molar-refractivity contribution in [2.45, 2.75) is 63.3 Å². The van der Waals surface area contributed by atoms with Gasteiger partial charge >= 0.3 is 24.6 Å². The molecular formula is C26H28ClF10N3O. The first-order valence-corrected chi connectivity index (χ1v) is 12.1. The molecule has 1 fully saturated rings. The zero-order chi connectivity index (χ0) is 30.4. The molecule has 2 N–H and O–H groups in total. The molecule has 0 aliphatic carbocycles. The second-order valence-corrected chi connectivity index (χ2v) is 10.1. The van der Waals surface area contributed by atoms with Gasteiger partial charge in [-0.15, -0.1) is 12.4 Å². The van der Waals surface area contributed by atoms with Gasteiger partial charge in [-0.2, -0.15) is 39.5 Å². The van der Waals surface area contributed by atoms with Crippen LogP contribution in [0, 0.1) is 18.7 Å². The molecule has 1 unspecified atom stereocenters. The van der Waals surface area contributed by atoms with E-state index in [0.29, 0.717) is 12.1 Å². The molecule has 15 heteroatoms. The number of benzene rings is 2. The molecule has 2 aromatic carbocycles. The summed E-state index contributed by atoms with van der Waals surface area (Å²) in [4.78, 5) is 15.6. The maximum absolute atomic E-state index is 13.8. The van der Waals surface area contributed by atoms with Crippen molar-refractivity contribution in [3.8, 4) is 0 Å². The summed E-state index contributed by atoms with van der Waals surface area (Å²) >= 11 is 0. The number of piperidine rings is 1. The Kier molecular flexibility index (Phi) is 9.97. The monoisotopic (exact) mass is 623 g/mol. The quantitative estimate of drug-likeness (QED) is 0.349. The van der Waals surface area contributed by atoms with Crippen molar-refractivity contribution in [1.82, 2.24) is 9.80 Å². The minimum Gasteiger partial charge on any atom is -0.321 e. The van der Waals surface area contributed by atoms with Crippen molar-refractivity contribution >= 4 is 18.4 Å². The van der Waals surface area contributed by atoms with Gasteiger partial charge in [0.05, 0.1) is 17.2 Å². The van der Waals surface area contributed by atoms with Gasteiger partial charge in [0.15, 0.2) is 0 Å². The van der Waals surface area contributed by atoms with E-state index in [9.17, 15) is 48.7 Å². The lowest BCUT2D eigenvalue weighted by Crippen LogP contribution is -2.62. The van der Waals surface area contributed by atoms with E-state index in [0.717, 1.165) is 29.0 Å². The predicted octanol–water partition coefficient (Wildman–Crippen LogP) is 8.18. The lowest BCUT2D eigenvalue weighted by molar-refractivity contribution is -0.151. The van der Waals surface area contributed by atoms with E-state index in [1.54, 1.807) is 0 Å². The first-order chi connectivity index (χ1) is 18.1. The number of amides is 2. The van der Waals surface area contributed by atoms with Crippen molar-refractivity contribution in [2.75, 3.05) is 13.6 Å². The third-order valence-corrected chi connectivity index (χ3v) is 7.22. The van der Waals surface area contributed by atoms with Gasteiger partial charge in [-0.3, -0.25) is 0 Å². The van der Waals surface area contributed by atoms with Crippen LogP contribution in [0.4, 0.5) is 48.7 Å². The van der Waals surface area contributed by atoms with Crippen LogP contribution in [0.5, 0.6) is 0 Å². The van der Waals surface area contributed by atoms with Crippen LogP contribution in [0.1, 0.15) is 60.0 Å². The minimum atomic E-state index is -5.11. The summed E-state index contributed by atoms with van der Waals surface area (Å²) in [6.45, 7) is 2.38. The third kappa shape index (κ3) is 7.76. The maximum Gasteiger partial charge on any atom is 0.416 e. The molecule has 41 heavy (non-hydrogen) atoms. The highest BCUT2D eigenvalue weighted by Crippen LogP contribution is 2.43. The van der Waals surface area contributed by atoms with Crippen molar-refractivity contribution in [2.24, 2.45) is 11.7 Å². The summed E-state index contributed by atoms with van der Waals surface area (Å²) < 4.78 is 134. The zero-order valence-corrected chi connectivity index (χ0v) is 22.8. The van der Waals surface area contributed by atoms with Gasteiger partial charge in [-0.25, -0.2) is 9.18 Å². The number of hydrogen-bond donors (Lipinski definition) is 1. The number of rotatable bonds is 4. The number of carbonyl (C=O) groups excluding carboxylic acids is 1. The fourth-order valence-corrected chi connectivity index (χ4v) is 5.10. The lowest BCUT2D eigenvalue weighted by atomic mass is 9.79. The number of carbonyl (C=O) groups is 1. The normalized spacial score (nSPS) is 20.8. The molecule has 0 saturated carbocycles. The number of aryl methyl sites for hydroxylation is 1. The first-order valence-electron chi connectivity index (χ1n) is 12.1. The number of urea groups is 1. The van der Waals surface area contributed by atoms with Gasteiger partial charge in [0.25, 0.3) is 0 Å². The Morgan fingerprint density at radius 3 is 2.02 bits per heavy atom. The summed E-state index contributed by atoms with van der Waals surface area (Å²) in [7, 11) is 1.14. The molecule has 3 atom stereocenters. The number of likely N-dealkylation sites (tertiary alicyclic amines) is 1. The number of nitrogens with zero attached hydrogens (tertiary/aromatic N) is 2. The standard InChI is InChI=1S/C26H27F10N3O.ClH/c1-14-8-20(27)4-5-21(14)23(37)12-16(13-24(28,29)30)6-7-39(23)22(40)38(3)15(2)17-9-18(25(31,32)33)11-19(10-17)26(34,35)36;/h4-5,8-11,15-16H,6-7,12-13,37H2,1-3H3;1H/t15-,16?,23-;/m1./s1. The molecule has 1 aliphatic rings. The number of halogens is 11. The Morgan fingerprint density at radius 2 is 1.56 bits per heavy atom. The van der Waals surface area contributed by atoms with Crippen molar-refractivity contribution in [3.05, 3.63) is 70.0 Å². The smallest absolute Gasteiger partial charge is 0.321 e. The molecule has 1 saturated heterocycles. The van der Waals surface area contributed by atoms with Crippen LogP contribution in [-0.4, -0.2) is 35.6 Å². The molecule has 2 amide bonds. The Labute approximate surface area is 235 Å². The number of hydrogen-bond acceptors (Lipinski definition) is 2. The fraction of sp³-hybridized carbons (Fsp3) is 0.500. The van der Waals surface area contributed by atoms with Gasteiger partial charge in [-0.1, -0.05) is 6.07 Å². The number of alkyl halides is 9. The highest BCUT2D eigenvalue weighted by atomic mass is 35.5. The third-order valence-electron chi connectivity index (χ3n) is 7.22. The molecule has 4 nitrogen and oxygen atoms in total. The summed E-state index contributed by atoms with van der Waals surface area (Å²) in [6, 6.07) is 2.06. The van der Waals surface area contributed by atoms with Crippen LogP contribution in [0.25, 0.3) is 0 Å². The van der Waals surface area contributed by atoms with Crippen molar-refractivity contribution in [1.29, 1.82) is 0 Å².